The maximum absolute atomic E-state index is 12.4. The van der Waals surface area contributed by atoms with Crippen LogP contribution in [0.15, 0.2) is 10.9 Å². The Morgan fingerprint density at radius 1 is 1.55 bits per heavy atom. The molecule has 0 aliphatic carbocycles. The van der Waals surface area contributed by atoms with Crippen LogP contribution in [0, 0.1) is 0 Å². The van der Waals surface area contributed by atoms with E-state index in [0.717, 1.165) is 4.57 Å². The van der Waals surface area contributed by atoms with Crippen molar-refractivity contribution in [2.75, 3.05) is 25.6 Å². The molecule has 0 saturated heterocycles. The van der Waals surface area contributed by atoms with Crippen molar-refractivity contribution < 1.29 is 18.7 Å². The van der Waals surface area contributed by atoms with Crippen molar-refractivity contribution in [2.45, 2.75) is 13.0 Å². The van der Waals surface area contributed by atoms with Crippen LogP contribution >= 0.6 is 0 Å². The molecule has 0 spiro atoms. The standard InChI is InChI=1S/C11H15FN4O4/c1-20-10(18)6-14-9-5-7(4-8(13)17)15-11(19)16(9)3-2-12/h5,14H,2-4,6H2,1H3,(H2,13,17). The van der Waals surface area contributed by atoms with Crippen LogP contribution in [0.3, 0.4) is 0 Å². The zero-order chi connectivity index (χ0) is 15.1. The number of methoxy groups -OCH3 is 1. The van der Waals surface area contributed by atoms with Gasteiger partial charge in [-0.1, -0.05) is 0 Å². The molecule has 1 aromatic heterocycles. The normalized spacial score (nSPS) is 10.1. The molecule has 0 atom stereocenters. The van der Waals surface area contributed by atoms with E-state index in [-0.39, 0.29) is 31.0 Å². The number of carbonyl (C=O) groups excluding carboxylic acids is 2. The van der Waals surface area contributed by atoms with E-state index in [1.165, 1.54) is 13.2 Å². The van der Waals surface area contributed by atoms with Crippen molar-refractivity contribution in [3.63, 3.8) is 0 Å². The van der Waals surface area contributed by atoms with E-state index in [9.17, 15) is 18.8 Å². The van der Waals surface area contributed by atoms with Gasteiger partial charge in [0.15, 0.2) is 0 Å². The van der Waals surface area contributed by atoms with Gasteiger partial charge in [-0.3, -0.25) is 14.2 Å². The monoisotopic (exact) mass is 286 g/mol. The number of nitrogens with zero attached hydrogens (tertiary/aromatic N) is 2. The van der Waals surface area contributed by atoms with Crippen molar-refractivity contribution in [3.8, 4) is 0 Å². The lowest BCUT2D eigenvalue weighted by Gasteiger charge is -2.13. The lowest BCUT2D eigenvalue weighted by molar-refractivity contribution is -0.138. The Bertz CT molecular complexity index is 558. The van der Waals surface area contributed by atoms with Crippen molar-refractivity contribution in [2.24, 2.45) is 5.73 Å². The summed E-state index contributed by atoms with van der Waals surface area (Å²) >= 11 is 0. The third-order valence-corrected chi connectivity index (χ3v) is 2.37. The van der Waals surface area contributed by atoms with Gasteiger partial charge in [0.05, 0.1) is 25.8 Å². The molecule has 0 aromatic carbocycles. The predicted molar refractivity (Wildman–Crippen MR) is 67.9 cm³/mol. The first-order valence-electron chi connectivity index (χ1n) is 5.73. The largest absolute Gasteiger partial charge is 0.468 e. The zero-order valence-corrected chi connectivity index (χ0v) is 10.9. The summed E-state index contributed by atoms with van der Waals surface area (Å²) in [5.41, 5.74) is 4.44. The number of primary amides is 1. The van der Waals surface area contributed by atoms with Gasteiger partial charge < -0.3 is 15.8 Å². The summed E-state index contributed by atoms with van der Waals surface area (Å²) in [4.78, 5) is 37.2. The predicted octanol–water partition coefficient (Wildman–Crippen LogP) is -1.17. The van der Waals surface area contributed by atoms with Gasteiger partial charge in [-0.2, -0.15) is 4.98 Å². The molecular weight excluding hydrogens is 271 g/mol. The number of esters is 1. The number of rotatable bonds is 7. The van der Waals surface area contributed by atoms with Gasteiger partial charge in [0, 0.05) is 6.07 Å². The molecule has 9 heteroatoms. The van der Waals surface area contributed by atoms with Crippen LogP contribution in [-0.2, 0) is 27.3 Å². The Hall–Kier alpha value is -2.45. The van der Waals surface area contributed by atoms with Crippen molar-refractivity contribution in [1.82, 2.24) is 9.55 Å². The van der Waals surface area contributed by atoms with E-state index in [0.29, 0.717) is 0 Å². The van der Waals surface area contributed by atoms with E-state index in [1.807, 2.05) is 0 Å². The first kappa shape index (κ1) is 15.6. The minimum Gasteiger partial charge on any atom is -0.468 e. The fourth-order valence-corrected chi connectivity index (χ4v) is 1.51. The highest BCUT2D eigenvalue weighted by Gasteiger charge is 2.11. The SMILES string of the molecule is COC(=O)CNc1cc(CC(N)=O)nc(=O)n1CCF. The van der Waals surface area contributed by atoms with E-state index >= 15 is 0 Å². The van der Waals surface area contributed by atoms with Crippen molar-refractivity contribution >= 4 is 17.7 Å². The number of halogens is 1. The number of ether oxygens (including phenoxy) is 1. The molecule has 0 aliphatic heterocycles. The molecule has 0 fully saturated rings. The van der Waals surface area contributed by atoms with Crippen LogP contribution in [0.1, 0.15) is 5.69 Å². The number of hydrogen-bond acceptors (Lipinski definition) is 6. The minimum atomic E-state index is -0.774. The number of alkyl halides is 1. The van der Waals surface area contributed by atoms with E-state index < -0.39 is 24.2 Å². The molecule has 1 aromatic rings. The fraction of sp³-hybridized carbons (Fsp3) is 0.455. The molecule has 0 aliphatic rings. The summed E-state index contributed by atoms with van der Waals surface area (Å²) in [6.07, 6.45) is -0.224. The van der Waals surface area contributed by atoms with Gasteiger partial charge in [0.1, 0.15) is 19.0 Å². The van der Waals surface area contributed by atoms with E-state index in [1.54, 1.807) is 0 Å². The molecule has 0 bridgehead atoms. The molecule has 20 heavy (non-hydrogen) atoms. The topological polar surface area (TPSA) is 116 Å². The first-order chi connectivity index (χ1) is 9.47. The molecule has 1 heterocycles. The van der Waals surface area contributed by atoms with Crippen LogP contribution in [0.2, 0.25) is 0 Å². The molecule has 110 valence electrons. The number of amides is 1. The Kier molecular flexibility index (Phi) is 5.63. The molecular formula is C11H15FN4O4. The Morgan fingerprint density at radius 3 is 2.80 bits per heavy atom. The van der Waals surface area contributed by atoms with Crippen LogP contribution in [-0.4, -0.2) is 41.8 Å². The van der Waals surface area contributed by atoms with Crippen LogP contribution in [0.5, 0.6) is 0 Å². The van der Waals surface area contributed by atoms with Crippen LogP contribution in [0.25, 0.3) is 0 Å². The second kappa shape index (κ2) is 7.22. The highest BCUT2D eigenvalue weighted by molar-refractivity contribution is 5.76. The van der Waals surface area contributed by atoms with Gasteiger partial charge in [0.2, 0.25) is 5.91 Å². The molecule has 0 radical (unpaired) electrons. The van der Waals surface area contributed by atoms with Gasteiger partial charge in [0.25, 0.3) is 0 Å². The fourth-order valence-electron chi connectivity index (χ4n) is 1.51. The number of nitrogens with two attached hydrogens (primary N) is 1. The van der Waals surface area contributed by atoms with Gasteiger partial charge >= 0.3 is 11.7 Å². The van der Waals surface area contributed by atoms with Crippen LogP contribution < -0.4 is 16.7 Å². The second-order valence-electron chi connectivity index (χ2n) is 3.83. The summed E-state index contributed by atoms with van der Waals surface area (Å²) in [5, 5.41) is 2.63. The number of nitrogens with one attached hydrogen (secondary N) is 1. The Labute approximate surface area is 113 Å². The second-order valence-corrected chi connectivity index (χ2v) is 3.83. The Morgan fingerprint density at radius 2 is 2.25 bits per heavy atom. The minimum absolute atomic E-state index is 0.143. The van der Waals surface area contributed by atoms with E-state index in [4.69, 9.17) is 5.73 Å². The van der Waals surface area contributed by atoms with Gasteiger partial charge in [-0.05, 0) is 0 Å². The summed E-state index contributed by atoms with van der Waals surface area (Å²) in [6.45, 7) is -1.20. The molecule has 1 rings (SSSR count). The third-order valence-electron chi connectivity index (χ3n) is 2.37. The van der Waals surface area contributed by atoms with Gasteiger partial charge in [-0.25, -0.2) is 9.18 Å². The molecule has 8 nitrogen and oxygen atoms in total. The highest BCUT2D eigenvalue weighted by Crippen LogP contribution is 2.07. The summed E-state index contributed by atoms with van der Waals surface area (Å²) in [6, 6.07) is 1.37. The van der Waals surface area contributed by atoms with Crippen LogP contribution in [0.4, 0.5) is 10.2 Å². The first-order valence-corrected chi connectivity index (χ1v) is 5.73. The highest BCUT2D eigenvalue weighted by atomic mass is 19.1. The van der Waals surface area contributed by atoms with Crippen molar-refractivity contribution in [1.29, 1.82) is 0 Å². The smallest absolute Gasteiger partial charge is 0.349 e. The maximum atomic E-state index is 12.4. The van der Waals surface area contributed by atoms with E-state index in [2.05, 4.69) is 15.0 Å². The average molecular weight is 286 g/mol. The number of hydrogen-bond donors (Lipinski definition) is 2. The maximum Gasteiger partial charge on any atom is 0.349 e. The number of carbonyl (C=O) groups is 2. The molecule has 3 N–H and O–H groups in total. The summed E-state index contributed by atoms with van der Waals surface area (Å²) < 4.78 is 17.9. The average Bonchev–Trinajstić information content (AvgIpc) is 2.38. The number of aromatic nitrogens is 2. The quantitative estimate of drug-likeness (QED) is 0.610. The number of anilines is 1. The Balaban J connectivity index is 3.07. The van der Waals surface area contributed by atoms with Gasteiger partial charge in [-0.15, -0.1) is 0 Å². The third kappa shape index (κ3) is 4.34. The zero-order valence-electron chi connectivity index (χ0n) is 10.9. The molecule has 0 unspecified atom stereocenters. The summed E-state index contributed by atoms with van der Waals surface area (Å²) in [5.74, 6) is -1.04. The van der Waals surface area contributed by atoms with Crippen molar-refractivity contribution in [3.05, 3.63) is 22.2 Å². The molecule has 1 amide bonds. The lowest BCUT2D eigenvalue weighted by Crippen LogP contribution is -2.30. The lowest BCUT2D eigenvalue weighted by atomic mass is 10.3. The molecule has 0 saturated carbocycles. The summed E-state index contributed by atoms with van der Waals surface area (Å²) in [7, 11) is 1.21.